The van der Waals surface area contributed by atoms with Crippen LogP contribution in [-0.4, -0.2) is 31.6 Å². The summed E-state index contributed by atoms with van der Waals surface area (Å²) in [6.07, 6.45) is 4.56. The Morgan fingerprint density at radius 2 is 2.14 bits per heavy atom. The second-order valence-electron chi connectivity index (χ2n) is 5.59. The van der Waals surface area contributed by atoms with Crippen molar-refractivity contribution in [2.45, 2.75) is 31.3 Å². The van der Waals surface area contributed by atoms with Gasteiger partial charge in [-0.15, -0.1) is 0 Å². The molecular formula is C14H16N4O4. The zero-order valence-electron chi connectivity index (χ0n) is 11.9. The Labute approximate surface area is 125 Å². The molecule has 8 heteroatoms. The smallest absolute Gasteiger partial charge is 0.376 e. The molecule has 116 valence electrons. The van der Waals surface area contributed by atoms with Gasteiger partial charge in [0.1, 0.15) is 5.65 Å². The second-order valence-corrected chi connectivity index (χ2v) is 5.59. The summed E-state index contributed by atoms with van der Waals surface area (Å²) in [5.41, 5.74) is -1.92. The van der Waals surface area contributed by atoms with Crippen molar-refractivity contribution in [3.05, 3.63) is 44.9 Å². The van der Waals surface area contributed by atoms with Crippen LogP contribution in [0.4, 0.5) is 11.5 Å². The normalized spacial score (nSPS) is 16.8. The Kier molecular flexibility index (Phi) is 3.53. The Morgan fingerprint density at radius 1 is 1.41 bits per heavy atom. The van der Waals surface area contributed by atoms with Gasteiger partial charge in [0.2, 0.25) is 5.82 Å². The van der Waals surface area contributed by atoms with Gasteiger partial charge in [0.15, 0.2) is 0 Å². The maximum atomic E-state index is 12.2. The summed E-state index contributed by atoms with van der Waals surface area (Å²) >= 11 is 0. The lowest BCUT2D eigenvalue weighted by Crippen LogP contribution is -2.34. The zero-order valence-corrected chi connectivity index (χ0v) is 11.9. The molecule has 1 aliphatic carbocycles. The predicted molar refractivity (Wildman–Crippen MR) is 80.0 cm³/mol. The summed E-state index contributed by atoms with van der Waals surface area (Å²) in [5, 5.41) is 24.3. The highest BCUT2D eigenvalue weighted by Crippen LogP contribution is 2.30. The van der Waals surface area contributed by atoms with Crippen molar-refractivity contribution in [2.75, 3.05) is 11.9 Å². The van der Waals surface area contributed by atoms with Gasteiger partial charge in [-0.05, 0) is 25.0 Å². The van der Waals surface area contributed by atoms with Crippen molar-refractivity contribution < 1.29 is 10.0 Å². The first kappa shape index (κ1) is 14.5. The Hall–Kier alpha value is -2.48. The molecule has 3 rings (SSSR count). The first-order valence-corrected chi connectivity index (χ1v) is 7.12. The summed E-state index contributed by atoms with van der Waals surface area (Å²) in [7, 11) is 0. The molecule has 2 aromatic rings. The molecule has 2 N–H and O–H groups in total. The fourth-order valence-corrected chi connectivity index (χ4v) is 2.83. The zero-order chi connectivity index (χ0) is 15.7. The monoisotopic (exact) mass is 304 g/mol. The van der Waals surface area contributed by atoms with Gasteiger partial charge in [0.05, 0.1) is 10.5 Å². The molecule has 0 bridgehead atoms. The highest BCUT2D eigenvalue weighted by Gasteiger charge is 2.32. The van der Waals surface area contributed by atoms with Gasteiger partial charge in [0.25, 0.3) is 0 Å². The summed E-state index contributed by atoms with van der Waals surface area (Å²) in [5.74, 6) is -0.0958. The largest absolute Gasteiger partial charge is 0.388 e. The number of aromatic nitrogens is 2. The van der Waals surface area contributed by atoms with E-state index in [4.69, 9.17) is 0 Å². The van der Waals surface area contributed by atoms with E-state index >= 15 is 0 Å². The van der Waals surface area contributed by atoms with E-state index in [9.17, 15) is 20.0 Å². The molecule has 0 amide bonds. The van der Waals surface area contributed by atoms with Crippen LogP contribution in [0.15, 0.2) is 29.2 Å². The number of nitrogens with zero attached hydrogens (tertiary/aromatic N) is 3. The van der Waals surface area contributed by atoms with E-state index in [1.165, 1.54) is 6.20 Å². The van der Waals surface area contributed by atoms with E-state index in [-0.39, 0.29) is 12.4 Å². The third kappa shape index (κ3) is 2.52. The van der Waals surface area contributed by atoms with Crippen LogP contribution < -0.4 is 10.9 Å². The first-order valence-electron chi connectivity index (χ1n) is 7.12. The number of pyridine rings is 1. The van der Waals surface area contributed by atoms with Gasteiger partial charge in [-0.1, -0.05) is 18.9 Å². The van der Waals surface area contributed by atoms with E-state index in [1.54, 1.807) is 18.2 Å². The molecule has 1 fully saturated rings. The number of hydrogen-bond donors (Lipinski definition) is 2. The highest BCUT2D eigenvalue weighted by atomic mass is 16.6. The third-order valence-electron chi connectivity index (χ3n) is 4.01. The second kappa shape index (κ2) is 5.38. The maximum Gasteiger partial charge on any atom is 0.376 e. The van der Waals surface area contributed by atoms with Crippen LogP contribution in [0.5, 0.6) is 0 Å². The van der Waals surface area contributed by atoms with E-state index in [0.29, 0.717) is 18.5 Å². The molecule has 22 heavy (non-hydrogen) atoms. The molecule has 0 saturated heterocycles. The molecule has 1 aliphatic rings. The number of hydrogen-bond acceptors (Lipinski definition) is 6. The van der Waals surface area contributed by atoms with E-state index < -0.39 is 21.8 Å². The standard InChI is InChI=1S/C14H16N4O4/c19-13-11(18(21)22)12(15-9-14(20)6-2-3-7-14)16-10-5-1-4-8-17(10)13/h1,4-5,8,15,20H,2-3,6-7,9H2. The lowest BCUT2D eigenvalue weighted by atomic mass is 10.0. The van der Waals surface area contributed by atoms with Gasteiger partial charge in [-0.3, -0.25) is 19.3 Å². The number of anilines is 1. The van der Waals surface area contributed by atoms with Crippen LogP contribution in [0, 0.1) is 10.1 Å². The minimum atomic E-state index is -0.891. The van der Waals surface area contributed by atoms with Crippen LogP contribution in [0.3, 0.4) is 0 Å². The minimum Gasteiger partial charge on any atom is -0.388 e. The quantitative estimate of drug-likeness (QED) is 0.651. The Balaban J connectivity index is 2.02. The fourth-order valence-electron chi connectivity index (χ4n) is 2.83. The van der Waals surface area contributed by atoms with Gasteiger partial charge < -0.3 is 10.4 Å². The molecule has 0 atom stereocenters. The molecule has 0 spiro atoms. The van der Waals surface area contributed by atoms with Crippen LogP contribution in [-0.2, 0) is 0 Å². The molecule has 8 nitrogen and oxygen atoms in total. The number of rotatable bonds is 4. The van der Waals surface area contributed by atoms with Gasteiger partial charge in [-0.2, -0.15) is 0 Å². The maximum absolute atomic E-state index is 12.2. The highest BCUT2D eigenvalue weighted by molar-refractivity contribution is 5.59. The van der Waals surface area contributed by atoms with Crippen molar-refractivity contribution in [2.24, 2.45) is 0 Å². The molecule has 0 radical (unpaired) electrons. The minimum absolute atomic E-state index is 0.0958. The molecule has 2 heterocycles. The van der Waals surface area contributed by atoms with Crippen LogP contribution >= 0.6 is 0 Å². The fraction of sp³-hybridized carbons (Fsp3) is 0.429. The summed E-state index contributed by atoms with van der Waals surface area (Å²) < 4.78 is 1.13. The van der Waals surface area contributed by atoms with E-state index in [0.717, 1.165) is 17.2 Å². The summed E-state index contributed by atoms with van der Waals surface area (Å²) in [6.45, 7) is 0.142. The Morgan fingerprint density at radius 3 is 2.82 bits per heavy atom. The first-order chi connectivity index (χ1) is 10.5. The van der Waals surface area contributed by atoms with Crippen LogP contribution in [0.25, 0.3) is 5.65 Å². The third-order valence-corrected chi connectivity index (χ3v) is 4.01. The molecule has 1 saturated carbocycles. The number of nitrogens with one attached hydrogen (secondary N) is 1. The molecule has 0 unspecified atom stereocenters. The lowest BCUT2D eigenvalue weighted by Gasteiger charge is -2.22. The van der Waals surface area contributed by atoms with Crippen LogP contribution in [0.2, 0.25) is 0 Å². The molecule has 2 aromatic heterocycles. The average molecular weight is 304 g/mol. The predicted octanol–water partition coefficient (Wildman–Crippen LogP) is 1.32. The topological polar surface area (TPSA) is 110 Å². The number of aliphatic hydroxyl groups is 1. The average Bonchev–Trinajstić information content (AvgIpc) is 2.92. The van der Waals surface area contributed by atoms with E-state index in [2.05, 4.69) is 10.3 Å². The number of fused-ring (bicyclic) bond motifs is 1. The lowest BCUT2D eigenvalue weighted by molar-refractivity contribution is -0.385. The van der Waals surface area contributed by atoms with Gasteiger partial charge in [0, 0.05) is 12.7 Å². The summed E-state index contributed by atoms with van der Waals surface area (Å²) in [4.78, 5) is 26.9. The molecule has 0 aliphatic heterocycles. The SMILES string of the molecule is O=c1c([N+](=O)[O-])c(NCC2(O)CCCC2)nc2ccccn12. The number of nitro groups is 1. The van der Waals surface area contributed by atoms with Crippen LogP contribution in [0.1, 0.15) is 25.7 Å². The molecular weight excluding hydrogens is 288 g/mol. The van der Waals surface area contributed by atoms with Crippen molar-refractivity contribution in [3.8, 4) is 0 Å². The summed E-state index contributed by atoms with van der Waals surface area (Å²) in [6, 6.07) is 4.90. The van der Waals surface area contributed by atoms with Crippen molar-refractivity contribution >= 4 is 17.2 Å². The van der Waals surface area contributed by atoms with Crippen molar-refractivity contribution in [1.29, 1.82) is 0 Å². The van der Waals surface area contributed by atoms with E-state index in [1.807, 2.05) is 0 Å². The molecule has 0 aromatic carbocycles. The van der Waals surface area contributed by atoms with Crippen molar-refractivity contribution in [3.63, 3.8) is 0 Å². The Bertz CT molecular complexity index is 780. The van der Waals surface area contributed by atoms with Gasteiger partial charge in [-0.25, -0.2) is 4.98 Å². The van der Waals surface area contributed by atoms with Crippen molar-refractivity contribution in [1.82, 2.24) is 9.38 Å². The van der Waals surface area contributed by atoms with Gasteiger partial charge >= 0.3 is 11.2 Å².